The molecule has 1 aliphatic rings. The molecule has 8 heteroatoms. The van der Waals surface area contributed by atoms with Crippen molar-refractivity contribution < 1.29 is 23.1 Å². The van der Waals surface area contributed by atoms with E-state index in [-0.39, 0.29) is 24.0 Å². The largest absolute Gasteiger partial charge is 0.479 e. The molecule has 0 spiro atoms. The van der Waals surface area contributed by atoms with Crippen LogP contribution in [0.1, 0.15) is 6.92 Å². The molecule has 110 valence electrons. The van der Waals surface area contributed by atoms with Crippen LogP contribution < -0.4 is 10.1 Å². The number of hydrogen-bond acceptors (Lipinski definition) is 5. The Morgan fingerprint density at radius 2 is 2.15 bits per heavy atom. The van der Waals surface area contributed by atoms with Crippen LogP contribution in [0, 0.1) is 0 Å². The Morgan fingerprint density at radius 3 is 2.80 bits per heavy atom. The minimum absolute atomic E-state index is 0.000683. The third-order valence-electron chi connectivity index (χ3n) is 3.00. The van der Waals surface area contributed by atoms with Gasteiger partial charge in [0.1, 0.15) is 5.75 Å². The van der Waals surface area contributed by atoms with E-state index in [0.29, 0.717) is 11.4 Å². The van der Waals surface area contributed by atoms with E-state index >= 15 is 0 Å². The summed E-state index contributed by atoms with van der Waals surface area (Å²) < 4.78 is 30.8. The number of rotatable bonds is 4. The lowest BCUT2D eigenvalue weighted by atomic mass is 10.2. The van der Waals surface area contributed by atoms with E-state index in [9.17, 15) is 13.2 Å². The Labute approximate surface area is 117 Å². The zero-order valence-corrected chi connectivity index (χ0v) is 12.0. The third kappa shape index (κ3) is 2.62. The van der Waals surface area contributed by atoms with Crippen LogP contribution in [0.15, 0.2) is 23.1 Å². The summed E-state index contributed by atoms with van der Waals surface area (Å²) in [6.45, 7) is 1.34. The average molecular weight is 300 g/mol. The first-order valence-corrected chi connectivity index (χ1v) is 7.49. The number of nitrogens with zero attached hydrogens (tertiary/aromatic N) is 1. The van der Waals surface area contributed by atoms with Gasteiger partial charge in [0.15, 0.2) is 6.10 Å². The fourth-order valence-electron chi connectivity index (χ4n) is 1.79. The van der Waals surface area contributed by atoms with E-state index < -0.39 is 16.1 Å². The Kier molecular flexibility index (Phi) is 3.98. The van der Waals surface area contributed by atoms with E-state index in [4.69, 9.17) is 9.84 Å². The second-order valence-corrected chi connectivity index (χ2v) is 6.50. The molecule has 0 saturated carbocycles. The van der Waals surface area contributed by atoms with Crippen molar-refractivity contribution in [2.75, 3.05) is 25.5 Å². The highest BCUT2D eigenvalue weighted by Gasteiger charge is 2.27. The molecule has 1 heterocycles. The summed E-state index contributed by atoms with van der Waals surface area (Å²) >= 11 is 0. The van der Waals surface area contributed by atoms with Crippen LogP contribution in [-0.2, 0) is 14.8 Å². The molecule has 0 unspecified atom stereocenters. The van der Waals surface area contributed by atoms with Crippen LogP contribution in [0.4, 0.5) is 5.69 Å². The molecule has 0 aromatic heterocycles. The summed E-state index contributed by atoms with van der Waals surface area (Å²) in [6.07, 6.45) is -0.609. The quantitative estimate of drug-likeness (QED) is 0.817. The first-order chi connectivity index (χ1) is 9.36. The number of amides is 1. The normalized spacial score (nSPS) is 18.4. The summed E-state index contributed by atoms with van der Waals surface area (Å²) in [7, 11) is -2.32. The van der Waals surface area contributed by atoms with Crippen LogP contribution in [0.2, 0.25) is 0 Å². The van der Waals surface area contributed by atoms with Crippen molar-refractivity contribution in [1.82, 2.24) is 4.31 Å². The van der Waals surface area contributed by atoms with Crippen molar-refractivity contribution in [1.29, 1.82) is 0 Å². The van der Waals surface area contributed by atoms with Gasteiger partial charge in [0.05, 0.1) is 17.2 Å². The molecule has 2 N–H and O–H groups in total. The highest BCUT2D eigenvalue weighted by Crippen LogP contribution is 2.32. The SMILES string of the molecule is C[C@H]1Oc2ccc(S(=O)(=O)N(C)CCO)cc2NC1=O. The van der Waals surface area contributed by atoms with Crippen LogP contribution in [0.5, 0.6) is 5.75 Å². The predicted molar refractivity (Wildman–Crippen MR) is 72.1 cm³/mol. The first-order valence-electron chi connectivity index (χ1n) is 6.05. The van der Waals surface area contributed by atoms with Gasteiger partial charge in [0.2, 0.25) is 10.0 Å². The van der Waals surface area contributed by atoms with Crippen LogP contribution in [-0.4, -0.2) is 50.0 Å². The molecule has 0 bridgehead atoms. The second kappa shape index (κ2) is 5.39. The molecular weight excluding hydrogens is 284 g/mol. The number of sulfonamides is 1. The van der Waals surface area contributed by atoms with E-state index in [1.54, 1.807) is 6.92 Å². The lowest BCUT2D eigenvalue weighted by Crippen LogP contribution is -2.34. The van der Waals surface area contributed by atoms with Crippen molar-refractivity contribution in [3.8, 4) is 5.75 Å². The molecule has 0 radical (unpaired) electrons. The number of nitrogens with one attached hydrogen (secondary N) is 1. The minimum atomic E-state index is -3.70. The number of ether oxygens (including phenoxy) is 1. The smallest absolute Gasteiger partial charge is 0.265 e. The number of aliphatic hydroxyl groups excluding tert-OH is 1. The topological polar surface area (TPSA) is 95.9 Å². The van der Waals surface area contributed by atoms with E-state index in [2.05, 4.69) is 5.32 Å². The molecule has 0 fully saturated rings. The van der Waals surface area contributed by atoms with Crippen molar-refractivity contribution >= 4 is 21.6 Å². The Morgan fingerprint density at radius 1 is 1.45 bits per heavy atom. The fourth-order valence-corrected chi connectivity index (χ4v) is 2.98. The van der Waals surface area contributed by atoms with E-state index in [1.807, 2.05) is 0 Å². The molecule has 20 heavy (non-hydrogen) atoms. The molecule has 1 aromatic rings. The maximum Gasteiger partial charge on any atom is 0.265 e. The fraction of sp³-hybridized carbons (Fsp3) is 0.417. The van der Waals surface area contributed by atoms with Crippen molar-refractivity contribution in [2.45, 2.75) is 17.9 Å². The second-order valence-electron chi connectivity index (χ2n) is 4.46. The molecule has 0 saturated heterocycles. The molecule has 0 aliphatic carbocycles. The molecule has 7 nitrogen and oxygen atoms in total. The summed E-state index contributed by atoms with van der Waals surface area (Å²) in [5.41, 5.74) is 0.326. The number of aliphatic hydroxyl groups is 1. The number of benzene rings is 1. The highest BCUT2D eigenvalue weighted by atomic mass is 32.2. The summed E-state index contributed by atoms with van der Waals surface area (Å²) in [5.74, 6) is 0.108. The van der Waals surface area contributed by atoms with Gasteiger partial charge in [0, 0.05) is 13.6 Å². The summed E-state index contributed by atoms with van der Waals surface area (Å²) in [5, 5.41) is 11.4. The molecule has 1 atom stereocenters. The third-order valence-corrected chi connectivity index (χ3v) is 4.86. The van der Waals surface area contributed by atoms with Crippen molar-refractivity contribution in [3.05, 3.63) is 18.2 Å². The van der Waals surface area contributed by atoms with Gasteiger partial charge in [-0.3, -0.25) is 4.79 Å². The maximum atomic E-state index is 12.2. The minimum Gasteiger partial charge on any atom is -0.479 e. The monoisotopic (exact) mass is 300 g/mol. The van der Waals surface area contributed by atoms with Gasteiger partial charge in [-0.25, -0.2) is 8.42 Å². The predicted octanol–water partition coefficient (Wildman–Crippen LogP) is 0.0188. The van der Waals surface area contributed by atoms with Gasteiger partial charge >= 0.3 is 0 Å². The molecular formula is C12H16N2O5S. The number of carbonyl (C=O) groups excluding carboxylic acids is 1. The molecule has 1 amide bonds. The summed E-state index contributed by atoms with van der Waals surface area (Å²) in [6, 6.07) is 4.26. The van der Waals surface area contributed by atoms with E-state index in [1.165, 1.54) is 25.2 Å². The van der Waals surface area contributed by atoms with Gasteiger partial charge < -0.3 is 15.2 Å². The summed E-state index contributed by atoms with van der Waals surface area (Å²) in [4.78, 5) is 11.6. The van der Waals surface area contributed by atoms with Crippen LogP contribution in [0.3, 0.4) is 0 Å². The maximum absolute atomic E-state index is 12.2. The first kappa shape index (κ1) is 14.8. The number of carbonyl (C=O) groups is 1. The molecule has 1 aromatic carbocycles. The zero-order valence-electron chi connectivity index (χ0n) is 11.2. The van der Waals surface area contributed by atoms with Crippen molar-refractivity contribution in [2.24, 2.45) is 0 Å². The van der Waals surface area contributed by atoms with Gasteiger partial charge in [0.25, 0.3) is 5.91 Å². The number of anilines is 1. The molecule has 1 aliphatic heterocycles. The highest BCUT2D eigenvalue weighted by molar-refractivity contribution is 7.89. The van der Waals surface area contributed by atoms with Crippen molar-refractivity contribution in [3.63, 3.8) is 0 Å². The zero-order chi connectivity index (χ0) is 14.9. The molecule has 2 rings (SSSR count). The number of likely N-dealkylation sites (N-methyl/N-ethyl adjacent to an activating group) is 1. The standard InChI is InChI=1S/C12H16N2O5S/c1-8-12(16)13-10-7-9(3-4-11(10)19-8)20(17,18)14(2)5-6-15/h3-4,7-8,15H,5-6H2,1-2H3,(H,13,16)/t8-/m1/s1. The Bertz CT molecular complexity index is 629. The van der Waals surface area contributed by atoms with Crippen LogP contribution in [0.25, 0.3) is 0 Å². The average Bonchev–Trinajstić information content (AvgIpc) is 2.39. The van der Waals surface area contributed by atoms with Crippen LogP contribution >= 0.6 is 0 Å². The van der Waals surface area contributed by atoms with Gasteiger partial charge in [-0.05, 0) is 25.1 Å². The lowest BCUT2D eigenvalue weighted by Gasteiger charge is -2.24. The Balaban J connectivity index is 2.37. The Hall–Kier alpha value is -1.64. The number of hydrogen-bond donors (Lipinski definition) is 2. The van der Waals surface area contributed by atoms with Gasteiger partial charge in [-0.15, -0.1) is 0 Å². The van der Waals surface area contributed by atoms with E-state index in [0.717, 1.165) is 4.31 Å². The number of fused-ring (bicyclic) bond motifs is 1. The van der Waals surface area contributed by atoms with Gasteiger partial charge in [-0.2, -0.15) is 4.31 Å². The van der Waals surface area contributed by atoms with Gasteiger partial charge in [-0.1, -0.05) is 0 Å². The lowest BCUT2D eigenvalue weighted by molar-refractivity contribution is -0.122.